The minimum atomic E-state index is -0.00625. The predicted molar refractivity (Wildman–Crippen MR) is 79.9 cm³/mol. The fourth-order valence-corrected chi connectivity index (χ4v) is 1.93. The lowest BCUT2D eigenvalue weighted by molar-refractivity contribution is 0.0993. The number of hydrogen-bond donors (Lipinski definition) is 1. The molecular formula is C16H18N2O. The number of anilines is 2. The van der Waals surface area contributed by atoms with Gasteiger partial charge in [-0.05, 0) is 48.9 Å². The lowest BCUT2D eigenvalue weighted by Gasteiger charge is -2.18. The van der Waals surface area contributed by atoms with E-state index in [4.69, 9.17) is 0 Å². The maximum absolute atomic E-state index is 12.4. The molecule has 0 fully saturated rings. The van der Waals surface area contributed by atoms with E-state index in [2.05, 4.69) is 5.32 Å². The van der Waals surface area contributed by atoms with Crippen molar-refractivity contribution in [1.82, 2.24) is 0 Å². The van der Waals surface area contributed by atoms with Crippen molar-refractivity contribution in [3.05, 3.63) is 59.7 Å². The molecule has 0 unspecified atom stereocenters. The van der Waals surface area contributed by atoms with Gasteiger partial charge in [0.15, 0.2) is 0 Å². The van der Waals surface area contributed by atoms with E-state index in [9.17, 15) is 4.79 Å². The minimum Gasteiger partial charge on any atom is -0.388 e. The van der Waals surface area contributed by atoms with Gasteiger partial charge in [-0.25, -0.2) is 0 Å². The number of amides is 1. The summed E-state index contributed by atoms with van der Waals surface area (Å²) in [6.45, 7) is 2.02. The highest BCUT2D eigenvalue weighted by Gasteiger charge is 2.13. The number of aryl methyl sites for hydroxylation is 1. The van der Waals surface area contributed by atoms with Crippen LogP contribution in [0.1, 0.15) is 15.9 Å². The van der Waals surface area contributed by atoms with Crippen molar-refractivity contribution < 1.29 is 4.79 Å². The second kappa shape index (κ2) is 5.57. The fraction of sp³-hybridized carbons (Fsp3) is 0.188. The molecule has 0 bridgehead atoms. The van der Waals surface area contributed by atoms with Gasteiger partial charge in [0.1, 0.15) is 0 Å². The van der Waals surface area contributed by atoms with Gasteiger partial charge in [-0.1, -0.05) is 12.1 Å². The Morgan fingerprint density at radius 3 is 2.37 bits per heavy atom. The molecular weight excluding hydrogens is 236 g/mol. The summed E-state index contributed by atoms with van der Waals surface area (Å²) < 4.78 is 0. The quantitative estimate of drug-likeness (QED) is 0.911. The summed E-state index contributed by atoms with van der Waals surface area (Å²) in [6, 6.07) is 15.4. The number of benzene rings is 2. The number of hydrogen-bond acceptors (Lipinski definition) is 2. The smallest absolute Gasteiger partial charge is 0.258 e. The van der Waals surface area contributed by atoms with Gasteiger partial charge >= 0.3 is 0 Å². The topological polar surface area (TPSA) is 32.3 Å². The summed E-state index contributed by atoms with van der Waals surface area (Å²) in [5, 5.41) is 3.04. The SMILES string of the molecule is CNc1ccc(C(=O)N(C)c2cccc(C)c2)cc1. The average molecular weight is 254 g/mol. The predicted octanol–water partition coefficient (Wildman–Crippen LogP) is 3.31. The molecule has 0 aromatic heterocycles. The third kappa shape index (κ3) is 2.94. The van der Waals surface area contributed by atoms with Crippen LogP contribution in [0.4, 0.5) is 11.4 Å². The van der Waals surface area contributed by atoms with Gasteiger partial charge in [0.2, 0.25) is 0 Å². The first-order valence-electron chi connectivity index (χ1n) is 6.24. The summed E-state index contributed by atoms with van der Waals surface area (Å²) in [5.41, 5.74) is 3.73. The Labute approximate surface area is 113 Å². The summed E-state index contributed by atoms with van der Waals surface area (Å²) in [7, 11) is 3.65. The van der Waals surface area contributed by atoms with Gasteiger partial charge in [-0.3, -0.25) is 4.79 Å². The fourth-order valence-electron chi connectivity index (χ4n) is 1.93. The van der Waals surface area contributed by atoms with Crippen molar-refractivity contribution in [2.24, 2.45) is 0 Å². The van der Waals surface area contributed by atoms with Gasteiger partial charge in [0.25, 0.3) is 5.91 Å². The molecule has 2 aromatic rings. The van der Waals surface area contributed by atoms with E-state index < -0.39 is 0 Å². The molecule has 19 heavy (non-hydrogen) atoms. The zero-order valence-electron chi connectivity index (χ0n) is 11.5. The molecule has 0 saturated carbocycles. The van der Waals surface area contributed by atoms with Crippen molar-refractivity contribution in [3.63, 3.8) is 0 Å². The molecule has 0 aliphatic heterocycles. The Balaban J connectivity index is 2.23. The first-order chi connectivity index (χ1) is 9.11. The molecule has 1 amide bonds. The summed E-state index contributed by atoms with van der Waals surface area (Å²) in [4.78, 5) is 14.0. The van der Waals surface area contributed by atoms with Crippen LogP contribution in [-0.4, -0.2) is 20.0 Å². The van der Waals surface area contributed by atoms with Gasteiger partial charge in [-0.2, -0.15) is 0 Å². The highest BCUT2D eigenvalue weighted by Crippen LogP contribution is 2.18. The van der Waals surface area contributed by atoms with Crippen LogP contribution in [-0.2, 0) is 0 Å². The number of rotatable bonds is 3. The van der Waals surface area contributed by atoms with Crippen LogP contribution < -0.4 is 10.2 Å². The van der Waals surface area contributed by atoms with Gasteiger partial charge in [0.05, 0.1) is 0 Å². The van der Waals surface area contributed by atoms with Crippen LogP contribution in [0, 0.1) is 6.92 Å². The minimum absolute atomic E-state index is 0.00625. The van der Waals surface area contributed by atoms with Crippen molar-refractivity contribution in [1.29, 1.82) is 0 Å². The van der Waals surface area contributed by atoms with E-state index in [1.54, 1.807) is 11.9 Å². The first kappa shape index (κ1) is 13.1. The Hall–Kier alpha value is -2.29. The zero-order chi connectivity index (χ0) is 13.8. The van der Waals surface area contributed by atoms with Crippen LogP contribution in [0.25, 0.3) is 0 Å². The molecule has 1 N–H and O–H groups in total. The van der Waals surface area contributed by atoms with Crippen LogP contribution >= 0.6 is 0 Å². The maximum Gasteiger partial charge on any atom is 0.258 e. The van der Waals surface area contributed by atoms with Crippen LogP contribution in [0.2, 0.25) is 0 Å². The second-order valence-corrected chi connectivity index (χ2v) is 4.53. The van der Waals surface area contributed by atoms with Crippen molar-refractivity contribution in [2.45, 2.75) is 6.92 Å². The third-order valence-corrected chi connectivity index (χ3v) is 3.11. The van der Waals surface area contributed by atoms with Crippen molar-refractivity contribution >= 4 is 17.3 Å². The Bertz CT molecular complexity index is 576. The van der Waals surface area contributed by atoms with Crippen LogP contribution in [0.5, 0.6) is 0 Å². The van der Waals surface area contributed by atoms with E-state index in [-0.39, 0.29) is 5.91 Å². The molecule has 0 radical (unpaired) electrons. The summed E-state index contributed by atoms with van der Waals surface area (Å²) in [6.07, 6.45) is 0. The Morgan fingerprint density at radius 1 is 1.11 bits per heavy atom. The number of carbonyl (C=O) groups is 1. The highest BCUT2D eigenvalue weighted by atomic mass is 16.2. The first-order valence-corrected chi connectivity index (χ1v) is 6.24. The summed E-state index contributed by atoms with van der Waals surface area (Å²) in [5.74, 6) is -0.00625. The number of carbonyl (C=O) groups excluding carboxylic acids is 1. The Morgan fingerprint density at radius 2 is 1.79 bits per heavy atom. The lowest BCUT2D eigenvalue weighted by atomic mass is 10.1. The zero-order valence-corrected chi connectivity index (χ0v) is 11.5. The average Bonchev–Trinajstić information content (AvgIpc) is 2.46. The lowest BCUT2D eigenvalue weighted by Crippen LogP contribution is -2.26. The van der Waals surface area contributed by atoms with Crippen LogP contribution in [0.15, 0.2) is 48.5 Å². The van der Waals surface area contributed by atoms with Gasteiger partial charge < -0.3 is 10.2 Å². The van der Waals surface area contributed by atoms with E-state index in [1.807, 2.05) is 62.5 Å². The monoisotopic (exact) mass is 254 g/mol. The van der Waals surface area contributed by atoms with Gasteiger partial charge in [-0.15, -0.1) is 0 Å². The molecule has 3 heteroatoms. The second-order valence-electron chi connectivity index (χ2n) is 4.53. The standard InChI is InChI=1S/C16H18N2O/c1-12-5-4-6-15(11-12)18(3)16(19)13-7-9-14(17-2)10-8-13/h4-11,17H,1-3H3. The third-order valence-electron chi connectivity index (χ3n) is 3.11. The van der Waals surface area contributed by atoms with Crippen molar-refractivity contribution in [3.8, 4) is 0 Å². The highest BCUT2D eigenvalue weighted by molar-refractivity contribution is 6.05. The molecule has 0 spiro atoms. The number of nitrogens with one attached hydrogen (secondary N) is 1. The molecule has 0 saturated heterocycles. The molecule has 98 valence electrons. The van der Waals surface area contributed by atoms with Crippen LogP contribution in [0.3, 0.4) is 0 Å². The van der Waals surface area contributed by atoms with E-state index in [1.165, 1.54) is 0 Å². The van der Waals surface area contributed by atoms with E-state index >= 15 is 0 Å². The molecule has 0 heterocycles. The number of nitrogens with zero attached hydrogens (tertiary/aromatic N) is 1. The largest absolute Gasteiger partial charge is 0.388 e. The Kier molecular flexibility index (Phi) is 3.85. The molecule has 0 aliphatic rings. The molecule has 3 nitrogen and oxygen atoms in total. The summed E-state index contributed by atoms with van der Waals surface area (Å²) >= 11 is 0. The maximum atomic E-state index is 12.4. The molecule has 0 aliphatic carbocycles. The van der Waals surface area contributed by atoms with Gasteiger partial charge in [0, 0.05) is 31.0 Å². The normalized spacial score (nSPS) is 10.1. The van der Waals surface area contributed by atoms with E-state index in [0.717, 1.165) is 16.9 Å². The molecule has 2 rings (SSSR count). The molecule has 0 atom stereocenters. The van der Waals surface area contributed by atoms with E-state index in [0.29, 0.717) is 5.56 Å². The molecule has 2 aromatic carbocycles. The van der Waals surface area contributed by atoms with Crippen molar-refractivity contribution in [2.75, 3.05) is 24.3 Å².